The number of carbonyl (C=O) groups excluding carboxylic acids is 1. The highest BCUT2D eigenvalue weighted by atomic mass is 32.1. The molecule has 4 rings (SSSR count). The highest BCUT2D eigenvalue weighted by Crippen LogP contribution is 2.24. The lowest BCUT2D eigenvalue weighted by atomic mass is 10.3. The summed E-state index contributed by atoms with van der Waals surface area (Å²) in [7, 11) is 0. The van der Waals surface area contributed by atoms with Crippen molar-refractivity contribution in [3.8, 4) is 0 Å². The van der Waals surface area contributed by atoms with Crippen molar-refractivity contribution in [2.75, 3.05) is 0 Å². The Morgan fingerprint density at radius 1 is 1.31 bits per heavy atom. The Kier molecular flexibility index (Phi) is 4.04. The van der Waals surface area contributed by atoms with Crippen LogP contribution >= 0.6 is 11.3 Å². The second-order valence-corrected chi connectivity index (χ2v) is 6.99. The van der Waals surface area contributed by atoms with Gasteiger partial charge in [-0.3, -0.25) is 19.0 Å². The van der Waals surface area contributed by atoms with Gasteiger partial charge in [-0.1, -0.05) is 6.07 Å². The molecular weight excluding hydrogens is 350 g/mol. The standard InChI is InChI=1S/C18H17N5O2S/c1-11(17(24)20-10-13-5-3-4-7-19-13)23-18(25)15-9-16-14(6-8-26-16)22(15)12(2)21-23/h3-9,11H,10H2,1-2H3,(H,20,24). The van der Waals surface area contributed by atoms with E-state index in [4.69, 9.17) is 0 Å². The van der Waals surface area contributed by atoms with Crippen molar-refractivity contribution in [1.82, 2.24) is 24.5 Å². The minimum Gasteiger partial charge on any atom is -0.349 e. The summed E-state index contributed by atoms with van der Waals surface area (Å²) in [4.78, 5) is 29.5. The number of nitrogens with zero attached hydrogens (tertiary/aromatic N) is 4. The molecule has 0 aromatic carbocycles. The molecular formula is C18H17N5O2S. The summed E-state index contributed by atoms with van der Waals surface area (Å²) in [6, 6.07) is 8.61. The molecule has 4 aromatic heterocycles. The SMILES string of the molecule is Cc1nn(C(C)C(=O)NCc2ccccn2)c(=O)c2cc3sccc3n12. The lowest BCUT2D eigenvalue weighted by Crippen LogP contribution is -2.38. The van der Waals surface area contributed by atoms with E-state index in [2.05, 4.69) is 15.4 Å². The second kappa shape index (κ2) is 6.38. The van der Waals surface area contributed by atoms with Crippen LogP contribution in [0.25, 0.3) is 15.7 Å². The van der Waals surface area contributed by atoms with Gasteiger partial charge in [0.15, 0.2) is 0 Å². The van der Waals surface area contributed by atoms with Gasteiger partial charge in [0.1, 0.15) is 17.4 Å². The van der Waals surface area contributed by atoms with Crippen molar-refractivity contribution in [3.05, 3.63) is 63.8 Å². The Labute approximate surface area is 152 Å². The molecule has 1 N–H and O–H groups in total. The number of aryl methyl sites for hydroxylation is 1. The van der Waals surface area contributed by atoms with E-state index in [1.807, 2.05) is 47.0 Å². The van der Waals surface area contributed by atoms with E-state index in [0.29, 0.717) is 17.9 Å². The fraction of sp³-hybridized carbons (Fsp3) is 0.222. The lowest BCUT2D eigenvalue weighted by Gasteiger charge is -2.15. The minimum absolute atomic E-state index is 0.276. The average Bonchev–Trinajstić information content (AvgIpc) is 3.24. The van der Waals surface area contributed by atoms with Gasteiger partial charge in [0.05, 0.1) is 22.5 Å². The summed E-state index contributed by atoms with van der Waals surface area (Å²) < 4.78 is 4.11. The Morgan fingerprint density at radius 3 is 2.92 bits per heavy atom. The maximum Gasteiger partial charge on any atom is 0.291 e. The van der Waals surface area contributed by atoms with E-state index in [1.54, 1.807) is 24.5 Å². The van der Waals surface area contributed by atoms with Gasteiger partial charge in [0.25, 0.3) is 5.56 Å². The molecule has 0 saturated carbocycles. The van der Waals surface area contributed by atoms with E-state index >= 15 is 0 Å². The Bertz CT molecular complexity index is 1160. The van der Waals surface area contributed by atoms with E-state index < -0.39 is 6.04 Å². The zero-order valence-electron chi connectivity index (χ0n) is 14.3. The maximum absolute atomic E-state index is 12.9. The zero-order chi connectivity index (χ0) is 18.3. The van der Waals surface area contributed by atoms with E-state index in [9.17, 15) is 9.59 Å². The number of nitrogens with one attached hydrogen (secondary N) is 1. The van der Waals surface area contributed by atoms with Gasteiger partial charge in [0, 0.05) is 6.20 Å². The quantitative estimate of drug-likeness (QED) is 0.600. The second-order valence-electron chi connectivity index (χ2n) is 6.05. The van der Waals surface area contributed by atoms with Crippen molar-refractivity contribution in [2.24, 2.45) is 0 Å². The third kappa shape index (κ3) is 2.68. The number of carbonyl (C=O) groups is 1. The molecule has 0 spiro atoms. The number of amides is 1. The summed E-state index contributed by atoms with van der Waals surface area (Å²) in [6.45, 7) is 3.81. The van der Waals surface area contributed by atoms with Crippen LogP contribution in [0, 0.1) is 6.92 Å². The van der Waals surface area contributed by atoms with Gasteiger partial charge in [-0.25, -0.2) is 4.68 Å². The van der Waals surface area contributed by atoms with Crippen LogP contribution in [-0.2, 0) is 11.3 Å². The Morgan fingerprint density at radius 2 is 2.15 bits per heavy atom. The van der Waals surface area contributed by atoms with E-state index in [1.165, 1.54) is 4.68 Å². The molecule has 0 aliphatic rings. The molecule has 8 heteroatoms. The van der Waals surface area contributed by atoms with Crippen LogP contribution in [0.15, 0.2) is 46.7 Å². The minimum atomic E-state index is -0.720. The zero-order valence-corrected chi connectivity index (χ0v) is 15.2. The Hall–Kier alpha value is -3.00. The van der Waals surface area contributed by atoms with Crippen LogP contribution in [0.5, 0.6) is 0 Å². The fourth-order valence-electron chi connectivity index (χ4n) is 3.00. The first-order valence-electron chi connectivity index (χ1n) is 8.22. The van der Waals surface area contributed by atoms with Gasteiger partial charge in [-0.05, 0) is 43.5 Å². The molecule has 0 aliphatic carbocycles. The molecule has 0 bridgehead atoms. The molecule has 7 nitrogen and oxygen atoms in total. The number of hydrogen-bond donors (Lipinski definition) is 1. The van der Waals surface area contributed by atoms with Crippen molar-refractivity contribution in [1.29, 1.82) is 0 Å². The number of pyridine rings is 1. The number of fused-ring (bicyclic) bond motifs is 3. The van der Waals surface area contributed by atoms with Crippen molar-refractivity contribution >= 4 is 33.0 Å². The van der Waals surface area contributed by atoms with Gasteiger partial charge in [0.2, 0.25) is 5.91 Å². The normalized spacial score (nSPS) is 12.5. The number of aromatic nitrogens is 4. The molecule has 4 heterocycles. The molecule has 0 radical (unpaired) electrons. The van der Waals surface area contributed by atoms with Gasteiger partial charge in [-0.15, -0.1) is 11.3 Å². The first kappa shape index (κ1) is 16.5. The molecule has 132 valence electrons. The molecule has 0 aliphatic heterocycles. The summed E-state index contributed by atoms with van der Waals surface area (Å²) >= 11 is 1.57. The highest BCUT2D eigenvalue weighted by molar-refractivity contribution is 7.17. The van der Waals surface area contributed by atoms with Crippen LogP contribution in [0.3, 0.4) is 0 Å². The number of rotatable bonds is 4. The molecule has 1 unspecified atom stereocenters. The van der Waals surface area contributed by atoms with Crippen LogP contribution in [0.4, 0.5) is 0 Å². The highest BCUT2D eigenvalue weighted by Gasteiger charge is 2.21. The topological polar surface area (TPSA) is 81.3 Å². The van der Waals surface area contributed by atoms with Gasteiger partial charge in [-0.2, -0.15) is 5.10 Å². The van der Waals surface area contributed by atoms with Gasteiger partial charge < -0.3 is 5.32 Å². The third-order valence-corrected chi connectivity index (χ3v) is 5.20. The van der Waals surface area contributed by atoms with Crippen molar-refractivity contribution in [3.63, 3.8) is 0 Å². The molecule has 0 saturated heterocycles. The van der Waals surface area contributed by atoms with Crippen molar-refractivity contribution in [2.45, 2.75) is 26.4 Å². The summed E-state index contributed by atoms with van der Waals surface area (Å²) in [5.74, 6) is 0.389. The van der Waals surface area contributed by atoms with Gasteiger partial charge >= 0.3 is 0 Å². The summed E-state index contributed by atoms with van der Waals surface area (Å²) in [5, 5.41) is 9.16. The van der Waals surface area contributed by atoms with Crippen LogP contribution in [-0.4, -0.2) is 25.1 Å². The van der Waals surface area contributed by atoms with Crippen LogP contribution < -0.4 is 10.9 Å². The monoisotopic (exact) mass is 367 g/mol. The van der Waals surface area contributed by atoms with Crippen LogP contribution in [0.2, 0.25) is 0 Å². The molecule has 4 aromatic rings. The van der Waals surface area contributed by atoms with E-state index in [-0.39, 0.29) is 11.5 Å². The predicted molar refractivity (Wildman–Crippen MR) is 100 cm³/mol. The summed E-state index contributed by atoms with van der Waals surface area (Å²) in [5.41, 5.74) is 1.97. The largest absolute Gasteiger partial charge is 0.349 e. The first-order valence-corrected chi connectivity index (χ1v) is 9.10. The average molecular weight is 367 g/mol. The predicted octanol–water partition coefficient (Wildman–Crippen LogP) is 2.29. The van der Waals surface area contributed by atoms with Crippen molar-refractivity contribution < 1.29 is 4.79 Å². The smallest absolute Gasteiger partial charge is 0.291 e. The van der Waals surface area contributed by atoms with Crippen LogP contribution in [0.1, 0.15) is 24.5 Å². The fourth-order valence-corrected chi connectivity index (χ4v) is 3.80. The number of thiophene rings is 1. The molecule has 0 fully saturated rings. The molecule has 1 atom stereocenters. The first-order chi connectivity index (χ1) is 12.6. The number of hydrogen-bond acceptors (Lipinski definition) is 5. The third-order valence-electron chi connectivity index (χ3n) is 4.34. The molecule has 26 heavy (non-hydrogen) atoms. The maximum atomic E-state index is 12.9. The van der Waals surface area contributed by atoms with E-state index in [0.717, 1.165) is 15.9 Å². The summed E-state index contributed by atoms with van der Waals surface area (Å²) in [6.07, 6.45) is 1.67. The Balaban J connectivity index is 1.66. The lowest BCUT2D eigenvalue weighted by molar-refractivity contribution is -0.124. The molecule has 1 amide bonds.